The summed E-state index contributed by atoms with van der Waals surface area (Å²) in [5, 5.41) is 1.23. The molecule has 0 spiro atoms. The molecule has 0 radical (unpaired) electrons. The van der Waals surface area contributed by atoms with Gasteiger partial charge in [0.2, 0.25) is 0 Å². The van der Waals surface area contributed by atoms with Crippen LogP contribution in [0.1, 0.15) is 30.2 Å². The fourth-order valence-corrected chi connectivity index (χ4v) is 1.91. The molecule has 0 saturated heterocycles. The number of rotatable bonds is 1. The van der Waals surface area contributed by atoms with Crippen molar-refractivity contribution >= 4 is 11.3 Å². The first kappa shape index (κ1) is 10.5. The molecule has 1 heterocycles. The van der Waals surface area contributed by atoms with E-state index < -0.39 is 16.9 Å². The van der Waals surface area contributed by atoms with E-state index in [1.54, 1.807) is 13.8 Å². The number of hydrogen-bond acceptors (Lipinski definition) is 1. The Bertz CT molecular complexity index is 298. The molecule has 74 valence electrons. The molecule has 13 heavy (non-hydrogen) atoms. The van der Waals surface area contributed by atoms with Crippen LogP contribution in [0.2, 0.25) is 0 Å². The lowest BCUT2D eigenvalue weighted by atomic mass is 10.1. The van der Waals surface area contributed by atoms with Gasteiger partial charge in [-0.15, -0.1) is 11.3 Å². The van der Waals surface area contributed by atoms with Gasteiger partial charge >= 0.3 is 6.18 Å². The van der Waals surface area contributed by atoms with Crippen molar-refractivity contribution in [2.45, 2.75) is 25.9 Å². The first-order valence-corrected chi connectivity index (χ1v) is 4.56. The topological polar surface area (TPSA) is 0 Å². The molecule has 0 unspecified atom stereocenters. The Morgan fingerprint density at radius 2 is 1.85 bits per heavy atom. The van der Waals surface area contributed by atoms with Gasteiger partial charge in [-0.2, -0.15) is 13.2 Å². The summed E-state index contributed by atoms with van der Waals surface area (Å²) in [7, 11) is 0. The van der Waals surface area contributed by atoms with Crippen LogP contribution in [0.25, 0.3) is 0 Å². The highest BCUT2D eigenvalue weighted by atomic mass is 32.1. The van der Waals surface area contributed by atoms with Crippen molar-refractivity contribution in [2.24, 2.45) is 0 Å². The van der Waals surface area contributed by atoms with E-state index in [2.05, 4.69) is 0 Å². The first-order valence-electron chi connectivity index (χ1n) is 3.68. The standard InChI is InChI=1S/C8H8F4S/c1-4(2)5-3-13-7(6(5)9)8(10,11)12/h3-4H,1-2H3. The van der Waals surface area contributed by atoms with Gasteiger partial charge < -0.3 is 0 Å². The molecular weight excluding hydrogens is 204 g/mol. The molecule has 0 aliphatic rings. The Morgan fingerprint density at radius 1 is 1.31 bits per heavy atom. The van der Waals surface area contributed by atoms with Gasteiger partial charge in [0, 0.05) is 5.56 Å². The second-order valence-corrected chi connectivity index (χ2v) is 3.87. The van der Waals surface area contributed by atoms with Crippen molar-refractivity contribution in [1.82, 2.24) is 0 Å². The quantitative estimate of drug-likeness (QED) is 0.616. The minimum Gasteiger partial charge on any atom is -0.205 e. The summed E-state index contributed by atoms with van der Waals surface area (Å²) in [6.07, 6.45) is -4.57. The summed E-state index contributed by atoms with van der Waals surface area (Å²) in [6, 6.07) is 0. The van der Waals surface area contributed by atoms with Crippen molar-refractivity contribution in [3.8, 4) is 0 Å². The van der Waals surface area contributed by atoms with Crippen LogP contribution < -0.4 is 0 Å². The minimum atomic E-state index is -4.57. The van der Waals surface area contributed by atoms with E-state index in [0.717, 1.165) is 0 Å². The zero-order chi connectivity index (χ0) is 10.2. The van der Waals surface area contributed by atoms with Gasteiger partial charge in [0.1, 0.15) is 10.7 Å². The average molecular weight is 212 g/mol. The monoisotopic (exact) mass is 212 g/mol. The van der Waals surface area contributed by atoms with Crippen LogP contribution in [0.15, 0.2) is 5.38 Å². The Balaban J connectivity index is 3.14. The molecule has 0 aliphatic heterocycles. The predicted octanol–water partition coefficient (Wildman–Crippen LogP) is 4.03. The van der Waals surface area contributed by atoms with Crippen LogP contribution >= 0.6 is 11.3 Å². The third-order valence-corrected chi connectivity index (χ3v) is 2.65. The summed E-state index contributed by atoms with van der Waals surface area (Å²) in [5.41, 5.74) is 0.136. The summed E-state index contributed by atoms with van der Waals surface area (Å²) in [5.74, 6) is -1.33. The normalized spacial score (nSPS) is 12.5. The summed E-state index contributed by atoms with van der Waals surface area (Å²) in [6.45, 7) is 3.32. The van der Waals surface area contributed by atoms with Crippen LogP contribution in [0, 0.1) is 5.82 Å². The summed E-state index contributed by atoms with van der Waals surface area (Å²) in [4.78, 5) is -1.13. The van der Waals surface area contributed by atoms with Crippen LogP contribution in [-0.2, 0) is 6.18 Å². The van der Waals surface area contributed by atoms with Gasteiger partial charge in [-0.1, -0.05) is 13.8 Å². The van der Waals surface area contributed by atoms with Gasteiger partial charge in [-0.25, -0.2) is 4.39 Å². The lowest BCUT2D eigenvalue weighted by Gasteiger charge is -2.04. The SMILES string of the molecule is CC(C)c1csc(C(F)(F)F)c1F. The zero-order valence-corrected chi connectivity index (χ0v) is 7.89. The van der Waals surface area contributed by atoms with Crippen LogP contribution in [0.4, 0.5) is 17.6 Å². The highest BCUT2D eigenvalue weighted by Crippen LogP contribution is 2.38. The number of hydrogen-bond donors (Lipinski definition) is 0. The van der Waals surface area contributed by atoms with Gasteiger partial charge in [0.15, 0.2) is 0 Å². The molecule has 1 aromatic rings. The van der Waals surface area contributed by atoms with Crippen molar-refractivity contribution in [3.05, 3.63) is 21.6 Å². The first-order chi connectivity index (χ1) is 5.84. The minimum absolute atomic E-state index is 0.136. The van der Waals surface area contributed by atoms with E-state index in [9.17, 15) is 17.6 Å². The summed E-state index contributed by atoms with van der Waals surface area (Å²) < 4.78 is 49.4. The van der Waals surface area contributed by atoms with Gasteiger partial charge in [0.25, 0.3) is 0 Å². The second-order valence-electron chi connectivity index (χ2n) is 2.99. The Labute approximate surface area is 77.2 Å². The van der Waals surface area contributed by atoms with Crippen molar-refractivity contribution in [1.29, 1.82) is 0 Å². The molecule has 0 aliphatic carbocycles. The maximum absolute atomic E-state index is 13.1. The second kappa shape index (κ2) is 3.29. The molecule has 0 nitrogen and oxygen atoms in total. The molecule has 1 aromatic heterocycles. The van der Waals surface area contributed by atoms with Crippen molar-refractivity contribution < 1.29 is 17.6 Å². The lowest BCUT2D eigenvalue weighted by molar-refractivity contribution is -0.136. The van der Waals surface area contributed by atoms with Crippen molar-refractivity contribution in [2.75, 3.05) is 0 Å². The average Bonchev–Trinajstić information content (AvgIpc) is 2.28. The number of alkyl halides is 3. The van der Waals surface area contributed by atoms with E-state index in [-0.39, 0.29) is 11.5 Å². The van der Waals surface area contributed by atoms with Gasteiger partial charge in [0.05, 0.1) is 0 Å². The fraction of sp³-hybridized carbons (Fsp3) is 0.500. The van der Waals surface area contributed by atoms with E-state index in [1.807, 2.05) is 0 Å². The highest BCUT2D eigenvalue weighted by Gasteiger charge is 2.37. The lowest BCUT2D eigenvalue weighted by Crippen LogP contribution is -2.05. The Morgan fingerprint density at radius 3 is 2.08 bits per heavy atom. The predicted molar refractivity (Wildman–Crippen MR) is 43.4 cm³/mol. The molecule has 0 atom stereocenters. The third-order valence-electron chi connectivity index (χ3n) is 1.64. The maximum atomic E-state index is 13.1. The Hall–Kier alpha value is -0.580. The number of halogens is 4. The van der Waals surface area contributed by atoms with Gasteiger partial charge in [-0.3, -0.25) is 0 Å². The Kier molecular flexibility index (Phi) is 2.66. The maximum Gasteiger partial charge on any atom is 0.428 e. The van der Waals surface area contributed by atoms with Crippen molar-refractivity contribution in [3.63, 3.8) is 0 Å². The summed E-state index contributed by atoms with van der Waals surface area (Å²) >= 11 is 0.411. The van der Waals surface area contributed by atoms with E-state index >= 15 is 0 Å². The number of thiophene rings is 1. The van der Waals surface area contributed by atoms with E-state index in [4.69, 9.17) is 0 Å². The van der Waals surface area contributed by atoms with E-state index in [1.165, 1.54) is 5.38 Å². The smallest absolute Gasteiger partial charge is 0.205 e. The van der Waals surface area contributed by atoms with Crippen LogP contribution in [0.5, 0.6) is 0 Å². The highest BCUT2D eigenvalue weighted by molar-refractivity contribution is 7.10. The molecule has 5 heteroatoms. The molecule has 0 bridgehead atoms. The molecular formula is C8H8F4S. The molecule has 0 fully saturated rings. The van der Waals surface area contributed by atoms with E-state index in [0.29, 0.717) is 11.3 Å². The molecule has 0 amide bonds. The molecule has 0 saturated carbocycles. The van der Waals surface area contributed by atoms with Gasteiger partial charge in [-0.05, 0) is 11.3 Å². The molecule has 1 rings (SSSR count). The fourth-order valence-electron chi connectivity index (χ4n) is 0.938. The zero-order valence-electron chi connectivity index (χ0n) is 7.07. The third kappa shape index (κ3) is 2.02. The largest absolute Gasteiger partial charge is 0.428 e. The van der Waals surface area contributed by atoms with Crippen LogP contribution in [-0.4, -0.2) is 0 Å². The molecule has 0 N–H and O–H groups in total. The molecule has 0 aromatic carbocycles. The van der Waals surface area contributed by atoms with Crippen LogP contribution in [0.3, 0.4) is 0 Å².